The van der Waals surface area contributed by atoms with Gasteiger partial charge in [-0.2, -0.15) is 0 Å². The summed E-state index contributed by atoms with van der Waals surface area (Å²) >= 11 is 0. The van der Waals surface area contributed by atoms with E-state index in [1.165, 1.54) is 32.2 Å². The lowest BCUT2D eigenvalue weighted by Gasteiger charge is -2.45. The number of ether oxygens (including phenoxy) is 2. The van der Waals surface area contributed by atoms with Gasteiger partial charge >= 0.3 is 0 Å². The summed E-state index contributed by atoms with van der Waals surface area (Å²) in [7, 11) is 0. The zero-order valence-electron chi connectivity index (χ0n) is 11.9. The lowest BCUT2D eigenvalue weighted by Crippen LogP contribution is -2.53. The second-order valence-electron chi connectivity index (χ2n) is 6.75. The number of hydrogen-bond acceptors (Lipinski definition) is 3. The summed E-state index contributed by atoms with van der Waals surface area (Å²) in [5, 5.41) is 0. The van der Waals surface area contributed by atoms with E-state index < -0.39 is 0 Å². The van der Waals surface area contributed by atoms with E-state index in [9.17, 15) is 0 Å². The van der Waals surface area contributed by atoms with Gasteiger partial charge in [0.25, 0.3) is 0 Å². The molecule has 0 N–H and O–H groups in total. The minimum absolute atomic E-state index is 0.248. The highest BCUT2D eigenvalue weighted by atomic mass is 16.7. The maximum atomic E-state index is 5.89. The van der Waals surface area contributed by atoms with Crippen LogP contribution >= 0.6 is 0 Å². The average Bonchev–Trinajstić information content (AvgIpc) is 2.76. The van der Waals surface area contributed by atoms with Crippen molar-refractivity contribution in [2.45, 2.75) is 57.8 Å². The SMILES string of the molecule is CC1CC(C)CC(N2CCCC3(C2)OCCO3)C1. The highest BCUT2D eigenvalue weighted by molar-refractivity contribution is 4.90. The maximum absolute atomic E-state index is 5.89. The molecule has 0 aromatic rings. The van der Waals surface area contributed by atoms with Crippen molar-refractivity contribution >= 4 is 0 Å². The first kappa shape index (κ1) is 12.9. The van der Waals surface area contributed by atoms with Gasteiger partial charge in [0, 0.05) is 12.5 Å². The van der Waals surface area contributed by atoms with Gasteiger partial charge in [-0.25, -0.2) is 0 Å². The summed E-state index contributed by atoms with van der Waals surface area (Å²) in [6.45, 7) is 8.61. The molecule has 3 nitrogen and oxygen atoms in total. The monoisotopic (exact) mass is 253 g/mol. The Morgan fingerprint density at radius 3 is 2.33 bits per heavy atom. The third-order valence-corrected chi connectivity index (χ3v) is 4.93. The number of hydrogen-bond donors (Lipinski definition) is 0. The van der Waals surface area contributed by atoms with Crippen molar-refractivity contribution in [2.75, 3.05) is 26.3 Å². The van der Waals surface area contributed by atoms with Crippen molar-refractivity contribution in [1.29, 1.82) is 0 Å². The summed E-state index contributed by atoms with van der Waals surface area (Å²) in [6, 6.07) is 0.758. The fourth-order valence-corrected chi connectivity index (χ4v) is 4.27. The van der Waals surface area contributed by atoms with Crippen molar-refractivity contribution in [3.05, 3.63) is 0 Å². The fraction of sp³-hybridized carbons (Fsp3) is 1.00. The predicted octanol–water partition coefficient (Wildman–Crippen LogP) is 2.65. The molecule has 104 valence electrons. The summed E-state index contributed by atoms with van der Waals surface area (Å²) in [5.41, 5.74) is 0. The molecule has 0 aromatic carbocycles. The lowest BCUT2D eigenvalue weighted by atomic mass is 9.79. The Morgan fingerprint density at radius 1 is 1.00 bits per heavy atom. The second kappa shape index (κ2) is 5.10. The molecule has 3 aliphatic rings. The van der Waals surface area contributed by atoms with Crippen molar-refractivity contribution in [2.24, 2.45) is 11.8 Å². The number of nitrogens with zero attached hydrogens (tertiary/aromatic N) is 1. The Kier molecular flexibility index (Phi) is 3.65. The lowest BCUT2D eigenvalue weighted by molar-refractivity contribution is -0.196. The minimum atomic E-state index is -0.248. The van der Waals surface area contributed by atoms with Crippen LogP contribution in [-0.4, -0.2) is 43.0 Å². The van der Waals surface area contributed by atoms with Crippen molar-refractivity contribution in [3.8, 4) is 0 Å². The third-order valence-electron chi connectivity index (χ3n) is 4.93. The summed E-state index contributed by atoms with van der Waals surface area (Å²) in [6.07, 6.45) is 6.43. The van der Waals surface area contributed by atoms with E-state index >= 15 is 0 Å². The van der Waals surface area contributed by atoms with Gasteiger partial charge in [0.2, 0.25) is 0 Å². The molecule has 3 fully saturated rings. The van der Waals surface area contributed by atoms with Crippen LogP contribution in [0.15, 0.2) is 0 Å². The van der Waals surface area contributed by atoms with Crippen LogP contribution in [0.4, 0.5) is 0 Å². The Labute approximate surface area is 111 Å². The Hall–Kier alpha value is -0.120. The maximum Gasteiger partial charge on any atom is 0.181 e. The molecule has 2 unspecified atom stereocenters. The Morgan fingerprint density at radius 2 is 1.67 bits per heavy atom. The van der Waals surface area contributed by atoms with Crippen molar-refractivity contribution < 1.29 is 9.47 Å². The first-order chi connectivity index (χ1) is 8.67. The Bertz CT molecular complexity index is 278. The molecule has 1 spiro atoms. The van der Waals surface area contributed by atoms with Gasteiger partial charge in [-0.05, 0) is 44.1 Å². The standard InChI is InChI=1S/C15H27NO2/c1-12-8-13(2)10-14(9-12)16-5-3-4-15(11-16)17-6-7-18-15/h12-14H,3-11H2,1-2H3. The molecule has 2 aliphatic heterocycles. The van der Waals surface area contributed by atoms with Crippen LogP contribution in [0.1, 0.15) is 46.0 Å². The van der Waals surface area contributed by atoms with E-state index in [2.05, 4.69) is 18.7 Å². The van der Waals surface area contributed by atoms with Gasteiger partial charge in [0.1, 0.15) is 0 Å². The summed E-state index contributed by atoms with van der Waals surface area (Å²) in [4.78, 5) is 2.65. The van der Waals surface area contributed by atoms with Gasteiger partial charge in [-0.1, -0.05) is 13.8 Å². The summed E-state index contributed by atoms with van der Waals surface area (Å²) in [5.74, 6) is 1.51. The van der Waals surface area contributed by atoms with Crippen LogP contribution in [0.2, 0.25) is 0 Å². The zero-order chi connectivity index (χ0) is 12.6. The van der Waals surface area contributed by atoms with E-state index in [4.69, 9.17) is 9.47 Å². The fourth-order valence-electron chi connectivity index (χ4n) is 4.27. The van der Waals surface area contributed by atoms with Crippen LogP contribution in [-0.2, 0) is 9.47 Å². The molecule has 0 aromatic heterocycles. The molecule has 1 aliphatic carbocycles. The van der Waals surface area contributed by atoms with Crippen LogP contribution in [0.25, 0.3) is 0 Å². The van der Waals surface area contributed by atoms with Crippen LogP contribution in [0.5, 0.6) is 0 Å². The van der Waals surface area contributed by atoms with Crippen LogP contribution in [0.3, 0.4) is 0 Å². The number of likely N-dealkylation sites (tertiary alicyclic amines) is 1. The second-order valence-corrected chi connectivity index (χ2v) is 6.75. The predicted molar refractivity (Wildman–Crippen MR) is 71.4 cm³/mol. The summed E-state index contributed by atoms with van der Waals surface area (Å²) < 4.78 is 11.8. The highest BCUT2D eigenvalue weighted by Crippen LogP contribution is 2.36. The molecule has 2 saturated heterocycles. The first-order valence-electron chi connectivity index (χ1n) is 7.69. The van der Waals surface area contributed by atoms with Crippen molar-refractivity contribution in [3.63, 3.8) is 0 Å². The zero-order valence-corrected chi connectivity index (χ0v) is 11.9. The molecule has 2 atom stereocenters. The van der Waals surface area contributed by atoms with E-state index in [0.717, 1.165) is 44.1 Å². The van der Waals surface area contributed by atoms with Gasteiger partial charge < -0.3 is 9.47 Å². The quantitative estimate of drug-likeness (QED) is 0.717. The molecule has 0 bridgehead atoms. The Balaban J connectivity index is 1.64. The van der Waals surface area contributed by atoms with Gasteiger partial charge in [-0.15, -0.1) is 0 Å². The molecular formula is C15H27NO2. The van der Waals surface area contributed by atoms with E-state index in [0.29, 0.717) is 0 Å². The van der Waals surface area contributed by atoms with Gasteiger partial charge in [0.15, 0.2) is 5.79 Å². The molecule has 3 rings (SSSR count). The van der Waals surface area contributed by atoms with Crippen LogP contribution < -0.4 is 0 Å². The average molecular weight is 253 g/mol. The molecule has 2 heterocycles. The molecular weight excluding hydrogens is 226 g/mol. The minimum Gasteiger partial charge on any atom is -0.346 e. The van der Waals surface area contributed by atoms with E-state index in [-0.39, 0.29) is 5.79 Å². The van der Waals surface area contributed by atoms with Gasteiger partial charge in [-0.3, -0.25) is 4.90 Å². The molecule has 0 radical (unpaired) electrons. The molecule has 0 amide bonds. The van der Waals surface area contributed by atoms with E-state index in [1.54, 1.807) is 0 Å². The number of piperidine rings is 1. The van der Waals surface area contributed by atoms with Gasteiger partial charge in [0.05, 0.1) is 19.8 Å². The molecule has 18 heavy (non-hydrogen) atoms. The van der Waals surface area contributed by atoms with E-state index in [1.807, 2.05) is 0 Å². The smallest absolute Gasteiger partial charge is 0.181 e. The largest absolute Gasteiger partial charge is 0.346 e. The highest BCUT2D eigenvalue weighted by Gasteiger charge is 2.43. The normalized spacial score (nSPS) is 41.3. The van der Waals surface area contributed by atoms with Crippen molar-refractivity contribution in [1.82, 2.24) is 4.90 Å². The molecule has 1 saturated carbocycles. The number of rotatable bonds is 1. The third kappa shape index (κ3) is 2.59. The molecule has 3 heteroatoms. The first-order valence-corrected chi connectivity index (χ1v) is 7.69. The van der Waals surface area contributed by atoms with Crippen LogP contribution in [0, 0.1) is 11.8 Å². The topological polar surface area (TPSA) is 21.7 Å².